The summed E-state index contributed by atoms with van der Waals surface area (Å²) in [6.07, 6.45) is 6.60. The van der Waals surface area contributed by atoms with Gasteiger partial charge in [0.2, 0.25) is 0 Å². The van der Waals surface area contributed by atoms with Crippen molar-refractivity contribution in [3.05, 3.63) is 42.2 Å². The number of benzene rings is 1. The van der Waals surface area contributed by atoms with Gasteiger partial charge in [-0.3, -0.25) is 4.79 Å². The van der Waals surface area contributed by atoms with Crippen LogP contribution in [-0.4, -0.2) is 52.7 Å². The van der Waals surface area contributed by atoms with Gasteiger partial charge in [-0.05, 0) is 43.5 Å². The fourth-order valence-corrected chi connectivity index (χ4v) is 3.52. The molecule has 1 amide bonds. The van der Waals surface area contributed by atoms with E-state index in [1.165, 1.54) is 6.42 Å². The molecular weight excluding hydrogens is 344 g/mol. The van der Waals surface area contributed by atoms with Gasteiger partial charge in [0.15, 0.2) is 17.1 Å². The first-order valence-corrected chi connectivity index (χ1v) is 9.07. The van der Waals surface area contributed by atoms with Gasteiger partial charge < -0.3 is 14.4 Å². The van der Waals surface area contributed by atoms with Gasteiger partial charge in [0, 0.05) is 24.8 Å². The van der Waals surface area contributed by atoms with E-state index in [1.54, 1.807) is 31.1 Å². The van der Waals surface area contributed by atoms with Gasteiger partial charge in [0.25, 0.3) is 5.91 Å². The van der Waals surface area contributed by atoms with E-state index in [-0.39, 0.29) is 5.91 Å². The molecule has 1 aromatic carbocycles. The largest absolute Gasteiger partial charge is 0.493 e. The first-order valence-electron chi connectivity index (χ1n) is 9.07. The number of nitrogens with zero attached hydrogens (tertiary/aromatic N) is 4. The van der Waals surface area contributed by atoms with Crippen LogP contribution in [0.5, 0.6) is 11.5 Å². The van der Waals surface area contributed by atoms with Crippen LogP contribution < -0.4 is 9.47 Å². The molecule has 1 saturated heterocycles. The zero-order chi connectivity index (χ0) is 18.8. The summed E-state index contributed by atoms with van der Waals surface area (Å²) in [4.78, 5) is 19.2. The minimum atomic E-state index is 0.00154. The summed E-state index contributed by atoms with van der Waals surface area (Å²) in [6.45, 7) is 1.59. The van der Waals surface area contributed by atoms with Crippen LogP contribution in [0, 0.1) is 0 Å². The van der Waals surface area contributed by atoms with E-state index in [1.807, 2.05) is 29.2 Å². The molecule has 7 nitrogen and oxygen atoms in total. The molecule has 3 aromatic rings. The molecule has 1 aliphatic heterocycles. The van der Waals surface area contributed by atoms with E-state index in [0.29, 0.717) is 22.7 Å². The second-order valence-corrected chi connectivity index (χ2v) is 6.55. The Hall–Kier alpha value is -3.09. The Labute approximate surface area is 157 Å². The lowest BCUT2D eigenvalue weighted by Crippen LogP contribution is -2.35. The molecule has 0 N–H and O–H groups in total. The van der Waals surface area contributed by atoms with Crippen LogP contribution in [0.3, 0.4) is 0 Å². The topological polar surface area (TPSA) is 69.0 Å². The van der Waals surface area contributed by atoms with Crippen molar-refractivity contribution in [2.24, 2.45) is 0 Å². The molecule has 0 unspecified atom stereocenters. The molecule has 0 spiro atoms. The SMILES string of the molecule is COc1ccc(-c2ccnc3c(C(=O)N4CCCCC4)cnn23)cc1OC. The highest BCUT2D eigenvalue weighted by Crippen LogP contribution is 2.32. The number of carbonyl (C=O) groups excluding carboxylic acids is 1. The second-order valence-electron chi connectivity index (χ2n) is 6.55. The smallest absolute Gasteiger partial charge is 0.259 e. The first-order chi connectivity index (χ1) is 13.2. The summed E-state index contributed by atoms with van der Waals surface area (Å²) in [6, 6.07) is 7.55. The number of methoxy groups -OCH3 is 2. The van der Waals surface area contributed by atoms with Crippen LogP contribution in [0.25, 0.3) is 16.9 Å². The third-order valence-corrected chi connectivity index (χ3v) is 4.95. The molecular formula is C20H22N4O3. The maximum Gasteiger partial charge on any atom is 0.259 e. The minimum Gasteiger partial charge on any atom is -0.493 e. The summed E-state index contributed by atoms with van der Waals surface area (Å²) in [5.74, 6) is 1.30. The van der Waals surface area contributed by atoms with E-state index in [2.05, 4.69) is 10.1 Å². The summed E-state index contributed by atoms with van der Waals surface area (Å²) in [5, 5.41) is 4.44. The fourth-order valence-electron chi connectivity index (χ4n) is 3.52. The maximum atomic E-state index is 12.9. The highest BCUT2D eigenvalue weighted by molar-refractivity contribution is 6.00. The average Bonchev–Trinajstić information content (AvgIpc) is 3.17. The molecule has 0 atom stereocenters. The van der Waals surface area contributed by atoms with Gasteiger partial charge in [-0.2, -0.15) is 5.10 Å². The number of fused-ring (bicyclic) bond motifs is 1. The number of ether oxygens (including phenoxy) is 2. The Morgan fingerprint density at radius 1 is 1.04 bits per heavy atom. The molecule has 0 saturated carbocycles. The van der Waals surface area contributed by atoms with Crippen LogP contribution in [0.15, 0.2) is 36.7 Å². The lowest BCUT2D eigenvalue weighted by Gasteiger charge is -2.26. The van der Waals surface area contributed by atoms with Crippen LogP contribution in [-0.2, 0) is 0 Å². The predicted octanol–water partition coefficient (Wildman–Crippen LogP) is 3.04. The summed E-state index contributed by atoms with van der Waals surface area (Å²) in [7, 11) is 3.21. The minimum absolute atomic E-state index is 0.00154. The van der Waals surface area contributed by atoms with Gasteiger partial charge in [-0.25, -0.2) is 9.50 Å². The van der Waals surface area contributed by atoms with Crippen molar-refractivity contribution in [3.63, 3.8) is 0 Å². The van der Waals surface area contributed by atoms with E-state index in [0.717, 1.165) is 37.2 Å². The van der Waals surface area contributed by atoms with Crippen LogP contribution >= 0.6 is 0 Å². The number of hydrogen-bond donors (Lipinski definition) is 0. The molecule has 1 fully saturated rings. The van der Waals surface area contributed by atoms with Gasteiger partial charge in [0.05, 0.1) is 26.1 Å². The number of likely N-dealkylation sites (tertiary alicyclic amines) is 1. The van der Waals surface area contributed by atoms with E-state index >= 15 is 0 Å². The molecule has 0 bridgehead atoms. The molecule has 2 aromatic heterocycles. The Bertz CT molecular complexity index is 977. The Balaban J connectivity index is 1.76. The van der Waals surface area contributed by atoms with E-state index in [4.69, 9.17) is 9.47 Å². The quantitative estimate of drug-likeness (QED) is 0.710. The lowest BCUT2D eigenvalue weighted by molar-refractivity contribution is 0.0726. The summed E-state index contributed by atoms with van der Waals surface area (Å²) in [5.41, 5.74) is 2.84. The normalized spacial score (nSPS) is 14.4. The third kappa shape index (κ3) is 3.09. The number of piperidine rings is 1. The second kappa shape index (κ2) is 7.26. The number of aromatic nitrogens is 3. The van der Waals surface area contributed by atoms with Gasteiger partial charge in [-0.15, -0.1) is 0 Å². The number of carbonyl (C=O) groups is 1. The number of rotatable bonds is 4. The Kier molecular flexibility index (Phi) is 4.66. The standard InChI is InChI=1S/C20H22N4O3/c1-26-17-7-6-14(12-18(17)27-2)16-8-9-21-19-15(13-22-24(16)19)20(25)23-10-4-3-5-11-23/h6-9,12-13H,3-5,10-11H2,1-2H3. The molecule has 4 rings (SSSR count). The van der Waals surface area contributed by atoms with Gasteiger partial charge in [-0.1, -0.05) is 0 Å². The van der Waals surface area contributed by atoms with Crippen molar-refractivity contribution in [1.82, 2.24) is 19.5 Å². The number of hydrogen-bond acceptors (Lipinski definition) is 5. The third-order valence-electron chi connectivity index (χ3n) is 4.95. The van der Waals surface area contributed by atoms with Crippen LogP contribution in [0.1, 0.15) is 29.6 Å². The summed E-state index contributed by atoms with van der Waals surface area (Å²) < 4.78 is 12.4. The zero-order valence-corrected chi connectivity index (χ0v) is 15.5. The Morgan fingerprint density at radius 2 is 1.81 bits per heavy atom. The highest BCUT2D eigenvalue weighted by Gasteiger charge is 2.23. The monoisotopic (exact) mass is 366 g/mol. The van der Waals surface area contributed by atoms with Crippen LogP contribution in [0.4, 0.5) is 0 Å². The summed E-state index contributed by atoms with van der Waals surface area (Å²) >= 11 is 0. The van der Waals surface area contributed by atoms with Crippen LogP contribution in [0.2, 0.25) is 0 Å². The first kappa shape index (κ1) is 17.3. The van der Waals surface area contributed by atoms with E-state index in [9.17, 15) is 4.79 Å². The van der Waals surface area contributed by atoms with Crippen molar-refractivity contribution in [2.45, 2.75) is 19.3 Å². The molecule has 140 valence electrons. The van der Waals surface area contributed by atoms with Crippen molar-refractivity contribution in [1.29, 1.82) is 0 Å². The molecule has 3 heterocycles. The van der Waals surface area contributed by atoms with Crippen molar-refractivity contribution >= 4 is 11.6 Å². The molecule has 27 heavy (non-hydrogen) atoms. The lowest BCUT2D eigenvalue weighted by atomic mass is 10.1. The fraction of sp³-hybridized carbons (Fsp3) is 0.350. The van der Waals surface area contributed by atoms with E-state index < -0.39 is 0 Å². The van der Waals surface area contributed by atoms with Gasteiger partial charge in [0.1, 0.15) is 5.56 Å². The van der Waals surface area contributed by atoms with Crippen molar-refractivity contribution in [2.75, 3.05) is 27.3 Å². The average molecular weight is 366 g/mol. The Morgan fingerprint density at radius 3 is 2.56 bits per heavy atom. The van der Waals surface area contributed by atoms with Crippen molar-refractivity contribution in [3.8, 4) is 22.8 Å². The predicted molar refractivity (Wildman–Crippen MR) is 101 cm³/mol. The highest BCUT2D eigenvalue weighted by atomic mass is 16.5. The van der Waals surface area contributed by atoms with Gasteiger partial charge >= 0.3 is 0 Å². The molecule has 0 aliphatic carbocycles. The molecule has 1 aliphatic rings. The molecule has 7 heteroatoms. The zero-order valence-electron chi connectivity index (χ0n) is 15.5. The van der Waals surface area contributed by atoms with Crippen molar-refractivity contribution < 1.29 is 14.3 Å². The maximum absolute atomic E-state index is 12.9. The number of amides is 1. The molecule has 0 radical (unpaired) electrons.